The smallest absolute Gasteiger partial charge is 0.257 e. The summed E-state index contributed by atoms with van der Waals surface area (Å²) >= 11 is 8.68. The van der Waals surface area contributed by atoms with Crippen LogP contribution in [0.4, 0.5) is 5.69 Å². The molecule has 2 rings (SSSR count). The Balaban J connectivity index is 1.88. The number of nitrogens with one attached hydrogen (secondary N) is 2. The molecule has 0 fully saturated rings. The van der Waals surface area contributed by atoms with Gasteiger partial charge in [0.05, 0.1) is 17.2 Å². The number of anilines is 1. The summed E-state index contributed by atoms with van der Waals surface area (Å²) in [6.07, 6.45) is 1.06. The van der Waals surface area contributed by atoms with Crippen molar-refractivity contribution >= 4 is 44.9 Å². The second kappa shape index (κ2) is 11.2. The Kier molecular flexibility index (Phi) is 8.92. The van der Waals surface area contributed by atoms with Gasteiger partial charge >= 0.3 is 0 Å². The fourth-order valence-electron chi connectivity index (χ4n) is 2.38. The van der Waals surface area contributed by atoms with Gasteiger partial charge < -0.3 is 14.8 Å². The molecule has 0 saturated heterocycles. The van der Waals surface area contributed by atoms with Crippen LogP contribution < -0.4 is 20.1 Å². The summed E-state index contributed by atoms with van der Waals surface area (Å²) in [5.74, 6) is 1.80. The number of thiocarbonyl (C=S) groups is 1. The van der Waals surface area contributed by atoms with Crippen LogP contribution in [0.1, 0.15) is 44.5 Å². The van der Waals surface area contributed by atoms with Gasteiger partial charge in [-0.05, 0) is 96.8 Å². The normalized spacial score (nSPS) is 10.7. The van der Waals surface area contributed by atoms with Crippen molar-refractivity contribution in [2.45, 2.75) is 40.2 Å². The summed E-state index contributed by atoms with van der Waals surface area (Å²) in [7, 11) is 0. The molecule has 0 aliphatic carbocycles. The molecule has 0 aliphatic heterocycles. The minimum absolute atomic E-state index is 0.0507. The first kappa shape index (κ1) is 23.2. The summed E-state index contributed by atoms with van der Waals surface area (Å²) in [4.78, 5) is 12.4. The molecule has 29 heavy (non-hydrogen) atoms. The van der Waals surface area contributed by atoms with Gasteiger partial charge in [0.1, 0.15) is 11.5 Å². The zero-order valence-corrected chi connectivity index (χ0v) is 19.5. The molecular weight excluding hydrogens is 452 g/mol. The van der Waals surface area contributed by atoms with E-state index in [-0.39, 0.29) is 17.1 Å². The first-order chi connectivity index (χ1) is 13.7. The van der Waals surface area contributed by atoms with Crippen molar-refractivity contribution in [3.05, 3.63) is 52.5 Å². The number of rotatable bonds is 8. The van der Waals surface area contributed by atoms with E-state index in [0.29, 0.717) is 28.3 Å². The average Bonchev–Trinajstić information content (AvgIpc) is 2.64. The maximum absolute atomic E-state index is 12.4. The minimum atomic E-state index is -0.298. The molecule has 5 nitrogen and oxygen atoms in total. The molecule has 0 saturated carbocycles. The molecule has 156 valence electrons. The molecule has 0 heterocycles. The summed E-state index contributed by atoms with van der Waals surface area (Å²) in [5, 5.41) is 5.91. The highest BCUT2D eigenvalue weighted by Crippen LogP contribution is 2.27. The maximum atomic E-state index is 12.4. The molecule has 2 aromatic rings. The SMILES string of the molecule is CC(C)CCOc1ccc(NC(=S)NC(=O)c2ccc(OC(C)C)c(Br)c2)cc1. The number of benzene rings is 2. The van der Waals surface area contributed by atoms with Crippen molar-refractivity contribution in [3.63, 3.8) is 0 Å². The molecule has 0 unspecified atom stereocenters. The molecule has 0 aliphatic rings. The zero-order valence-electron chi connectivity index (χ0n) is 17.1. The number of ether oxygens (including phenoxy) is 2. The fourth-order valence-corrected chi connectivity index (χ4v) is 3.06. The van der Waals surface area contributed by atoms with Gasteiger partial charge in [0.25, 0.3) is 5.91 Å². The molecule has 0 atom stereocenters. The zero-order chi connectivity index (χ0) is 21.4. The van der Waals surface area contributed by atoms with Crippen molar-refractivity contribution in [1.82, 2.24) is 5.32 Å². The monoisotopic (exact) mass is 478 g/mol. The quantitative estimate of drug-likeness (QED) is 0.470. The average molecular weight is 479 g/mol. The molecule has 0 spiro atoms. The van der Waals surface area contributed by atoms with Gasteiger partial charge in [-0.25, -0.2) is 0 Å². The lowest BCUT2D eigenvalue weighted by Gasteiger charge is -2.13. The fraction of sp³-hybridized carbons (Fsp3) is 0.364. The summed E-state index contributed by atoms with van der Waals surface area (Å²) < 4.78 is 12.1. The Labute approximate surface area is 186 Å². The van der Waals surface area contributed by atoms with Crippen LogP contribution in [0.5, 0.6) is 11.5 Å². The van der Waals surface area contributed by atoms with E-state index in [1.54, 1.807) is 18.2 Å². The number of hydrogen-bond acceptors (Lipinski definition) is 4. The van der Waals surface area contributed by atoms with Crippen LogP contribution in [-0.2, 0) is 0 Å². The van der Waals surface area contributed by atoms with Gasteiger partial charge in [0.15, 0.2) is 5.11 Å². The molecule has 0 aromatic heterocycles. The van der Waals surface area contributed by atoms with E-state index in [1.165, 1.54) is 0 Å². The lowest BCUT2D eigenvalue weighted by molar-refractivity contribution is 0.0977. The van der Waals surface area contributed by atoms with Crippen LogP contribution in [0.15, 0.2) is 46.9 Å². The standard InChI is InChI=1S/C22H27BrN2O3S/c1-14(2)11-12-27-18-8-6-17(7-9-18)24-22(29)25-21(26)16-5-10-20(19(23)13-16)28-15(3)4/h5-10,13-15H,11-12H2,1-4H3,(H2,24,25,26,29). The molecular formula is C22H27BrN2O3S. The second-order valence-electron chi connectivity index (χ2n) is 7.28. The number of carbonyl (C=O) groups is 1. The van der Waals surface area contributed by atoms with Crippen molar-refractivity contribution in [1.29, 1.82) is 0 Å². The molecule has 2 aromatic carbocycles. The highest BCUT2D eigenvalue weighted by Gasteiger charge is 2.12. The van der Waals surface area contributed by atoms with Gasteiger partial charge in [-0.15, -0.1) is 0 Å². The van der Waals surface area contributed by atoms with Crippen LogP contribution >= 0.6 is 28.1 Å². The Bertz CT molecular complexity index is 838. The maximum Gasteiger partial charge on any atom is 0.257 e. The second-order valence-corrected chi connectivity index (χ2v) is 8.54. The summed E-state index contributed by atoms with van der Waals surface area (Å²) in [6, 6.07) is 12.6. The first-order valence-corrected chi connectivity index (χ1v) is 10.8. The number of halogens is 1. The van der Waals surface area contributed by atoms with Gasteiger partial charge in [-0.3, -0.25) is 10.1 Å². The Morgan fingerprint density at radius 2 is 1.79 bits per heavy atom. The van der Waals surface area contributed by atoms with Crippen LogP contribution in [0.25, 0.3) is 0 Å². The minimum Gasteiger partial charge on any atom is -0.494 e. The largest absolute Gasteiger partial charge is 0.494 e. The van der Waals surface area contributed by atoms with Gasteiger partial charge in [-0.1, -0.05) is 13.8 Å². The topological polar surface area (TPSA) is 59.6 Å². The number of carbonyl (C=O) groups excluding carboxylic acids is 1. The third kappa shape index (κ3) is 8.03. The van der Waals surface area contributed by atoms with Crippen LogP contribution in [0, 0.1) is 5.92 Å². The molecule has 7 heteroatoms. The van der Waals surface area contributed by atoms with Crippen LogP contribution in [-0.4, -0.2) is 23.7 Å². The van der Waals surface area contributed by atoms with Crippen molar-refractivity contribution in [2.75, 3.05) is 11.9 Å². The lowest BCUT2D eigenvalue weighted by atomic mass is 10.1. The predicted octanol–water partition coefficient (Wildman–Crippen LogP) is 5.79. The van der Waals surface area contributed by atoms with E-state index in [1.807, 2.05) is 38.1 Å². The van der Waals surface area contributed by atoms with E-state index in [4.69, 9.17) is 21.7 Å². The number of amides is 1. The van der Waals surface area contributed by atoms with E-state index in [0.717, 1.165) is 17.9 Å². The highest BCUT2D eigenvalue weighted by molar-refractivity contribution is 9.10. The predicted molar refractivity (Wildman–Crippen MR) is 125 cm³/mol. The van der Waals surface area contributed by atoms with Crippen molar-refractivity contribution in [2.24, 2.45) is 5.92 Å². The molecule has 0 radical (unpaired) electrons. The van der Waals surface area contributed by atoms with E-state index >= 15 is 0 Å². The van der Waals surface area contributed by atoms with E-state index in [9.17, 15) is 4.79 Å². The molecule has 1 amide bonds. The Morgan fingerprint density at radius 1 is 1.10 bits per heavy atom. The number of hydrogen-bond donors (Lipinski definition) is 2. The first-order valence-electron chi connectivity index (χ1n) is 9.56. The molecule has 0 bridgehead atoms. The van der Waals surface area contributed by atoms with Crippen LogP contribution in [0.3, 0.4) is 0 Å². The van der Waals surface area contributed by atoms with E-state index in [2.05, 4.69) is 40.4 Å². The summed E-state index contributed by atoms with van der Waals surface area (Å²) in [6.45, 7) is 8.91. The molecule has 2 N–H and O–H groups in total. The lowest BCUT2D eigenvalue weighted by Crippen LogP contribution is -2.34. The van der Waals surface area contributed by atoms with E-state index < -0.39 is 0 Å². The third-order valence-corrected chi connectivity index (χ3v) is 4.68. The Hall–Kier alpha value is -2.12. The van der Waals surface area contributed by atoms with Crippen LogP contribution in [0.2, 0.25) is 0 Å². The third-order valence-electron chi connectivity index (χ3n) is 3.86. The van der Waals surface area contributed by atoms with Crippen molar-refractivity contribution in [3.8, 4) is 11.5 Å². The van der Waals surface area contributed by atoms with Gasteiger partial charge in [0.2, 0.25) is 0 Å². The van der Waals surface area contributed by atoms with Gasteiger partial charge in [0, 0.05) is 11.3 Å². The highest BCUT2D eigenvalue weighted by atomic mass is 79.9. The van der Waals surface area contributed by atoms with Crippen molar-refractivity contribution < 1.29 is 14.3 Å². The Morgan fingerprint density at radius 3 is 2.38 bits per heavy atom. The van der Waals surface area contributed by atoms with Gasteiger partial charge in [-0.2, -0.15) is 0 Å². The summed E-state index contributed by atoms with van der Waals surface area (Å²) in [5.41, 5.74) is 1.25.